The predicted molar refractivity (Wildman–Crippen MR) is 144 cm³/mol. The van der Waals surface area contributed by atoms with Crippen LogP contribution in [-0.4, -0.2) is 142 Å². The topological polar surface area (TPSA) is 237 Å². The van der Waals surface area contributed by atoms with Crippen LogP contribution >= 0.6 is 0 Å². The maximum atomic E-state index is 12.7. The van der Waals surface area contributed by atoms with Gasteiger partial charge in [0.25, 0.3) is 0 Å². The number of carbonyl (C=O) groups excluding carboxylic acids is 1. The number of carboxylic acids is 1. The average Bonchev–Trinajstić information content (AvgIpc) is 2.97. The van der Waals surface area contributed by atoms with Crippen LogP contribution in [0.25, 0.3) is 0 Å². The minimum atomic E-state index is -2.96. The number of ether oxygens (including phenoxy) is 5. The van der Waals surface area contributed by atoms with E-state index >= 15 is 0 Å². The summed E-state index contributed by atoms with van der Waals surface area (Å²) in [5.41, 5.74) is -2.29. The van der Waals surface area contributed by atoms with E-state index in [1.807, 2.05) is 0 Å². The van der Waals surface area contributed by atoms with Crippen molar-refractivity contribution in [1.82, 2.24) is 10.2 Å². The number of hydrogen-bond acceptors (Lipinski definition) is 15. The molecule has 0 radical (unpaired) electrons. The number of hydrogen-bond donors (Lipinski definition) is 8. The molecule has 1 saturated heterocycles. The monoisotopic (exact) mass is 614 g/mol. The highest BCUT2D eigenvalue weighted by atomic mass is 16.8. The number of nitrogens with zero attached hydrogens (tertiary/aromatic N) is 1. The molecule has 0 bridgehead atoms. The molecule has 7 unspecified atom stereocenters. The second kappa shape index (κ2) is 14.5. The fourth-order valence-corrected chi connectivity index (χ4v) is 4.83. The summed E-state index contributed by atoms with van der Waals surface area (Å²) < 4.78 is 27.3. The van der Waals surface area contributed by atoms with E-state index < -0.39 is 66.7 Å². The van der Waals surface area contributed by atoms with Crippen LogP contribution < -0.4 is 5.32 Å². The minimum absolute atomic E-state index is 0.0808. The van der Waals surface area contributed by atoms with E-state index in [1.54, 1.807) is 4.90 Å². The Balaban J connectivity index is 2.00. The summed E-state index contributed by atoms with van der Waals surface area (Å²) in [6.07, 6.45) is -1.10. The third kappa shape index (κ3) is 7.32. The molecule has 3 rings (SSSR count). The molecule has 7 atom stereocenters. The maximum absolute atomic E-state index is 12.7. The van der Waals surface area contributed by atoms with Gasteiger partial charge in [0.15, 0.2) is 12.4 Å². The lowest BCUT2D eigenvalue weighted by molar-refractivity contribution is -0.412. The van der Waals surface area contributed by atoms with Crippen molar-refractivity contribution >= 4 is 11.9 Å². The summed E-state index contributed by atoms with van der Waals surface area (Å²) in [5, 5.41) is 74.7. The standard InChI is InChI=1S/C27H38N2O14/c1-4-17-24(43-25-21(41-14-28-2)27(37,38)20(32)19(12-31)42-25)40-13-18(23(35)39-3)26(17,36)6-5-15-9-16(22(33)34)11-29(10-15)7-8-30/h4-6,9,11,13,17,19-21,24-25,28,30-32,36-38H,1,7-8,10,12,14H2,2-3H3,(H,33,34). The number of β-amino-alcohol motifs (C(OH)–C–C–N with tert-alkyl or cyclic N) is 1. The van der Waals surface area contributed by atoms with Crippen LogP contribution in [0.2, 0.25) is 0 Å². The first-order chi connectivity index (χ1) is 20.4. The molecule has 16 heteroatoms. The third-order valence-electron chi connectivity index (χ3n) is 7.06. The molecule has 0 spiro atoms. The molecular formula is C27H38N2O14. The lowest BCUT2D eigenvalue weighted by atomic mass is 9.78. The average molecular weight is 615 g/mol. The summed E-state index contributed by atoms with van der Waals surface area (Å²) >= 11 is 0. The largest absolute Gasteiger partial charge is 0.478 e. The fourth-order valence-electron chi connectivity index (χ4n) is 4.83. The number of aliphatic hydroxyl groups is 6. The van der Waals surface area contributed by atoms with Crippen molar-refractivity contribution < 1.29 is 69.0 Å². The molecule has 16 nitrogen and oxygen atoms in total. The Morgan fingerprint density at radius 2 is 1.98 bits per heavy atom. The Labute approximate surface area is 247 Å². The van der Waals surface area contributed by atoms with Crippen LogP contribution in [0.5, 0.6) is 0 Å². The lowest BCUT2D eigenvalue weighted by Gasteiger charge is -2.48. The van der Waals surface area contributed by atoms with Crippen molar-refractivity contribution in [2.75, 3.05) is 47.2 Å². The van der Waals surface area contributed by atoms with Crippen molar-refractivity contribution in [3.63, 3.8) is 0 Å². The van der Waals surface area contributed by atoms with Gasteiger partial charge in [0, 0.05) is 19.3 Å². The molecule has 0 aromatic rings. The van der Waals surface area contributed by atoms with Crippen LogP contribution in [0.15, 0.2) is 60.1 Å². The van der Waals surface area contributed by atoms with Gasteiger partial charge < -0.3 is 64.3 Å². The molecule has 240 valence electrons. The van der Waals surface area contributed by atoms with Crippen LogP contribution in [-0.2, 0) is 33.3 Å². The highest BCUT2D eigenvalue weighted by Crippen LogP contribution is 2.40. The highest BCUT2D eigenvalue weighted by Gasteiger charge is 2.58. The van der Waals surface area contributed by atoms with Gasteiger partial charge in [0.05, 0.1) is 38.5 Å². The number of carboxylic acid groups (broad SMARTS) is 1. The minimum Gasteiger partial charge on any atom is -0.478 e. The van der Waals surface area contributed by atoms with Crippen molar-refractivity contribution in [2.24, 2.45) is 5.92 Å². The molecular weight excluding hydrogens is 576 g/mol. The van der Waals surface area contributed by atoms with Crippen LogP contribution in [0.4, 0.5) is 0 Å². The zero-order valence-electron chi connectivity index (χ0n) is 23.6. The summed E-state index contributed by atoms with van der Waals surface area (Å²) in [5.74, 6) is -6.46. The highest BCUT2D eigenvalue weighted by molar-refractivity contribution is 5.92. The summed E-state index contributed by atoms with van der Waals surface area (Å²) in [6, 6.07) is 0. The van der Waals surface area contributed by atoms with Gasteiger partial charge in [0.2, 0.25) is 12.1 Å². The molecule has 3 aliphatic rings. The SMILES string of the molecule is C=CC1C(OC2OC(CO)C(O)C(O)(O)C2OCNC)OC=C(C(=O)OC)C1(O)C=CC1=CC(C(=O)O)=CN(CCO)C1. The van der Waals surface area contributed by atoms with Gasteiger partial charge in [-0.05, 0) is 24.8 Å². The number of aliphatic carboxylic acids is 1. The molecule has 0 aliphatic carbocycles. The number of rotatable bonds is 13. The number of esters is 1. The first-order valence-corrected chi connectivity index (χ1v) is 13.2. The van der Waals surface area contributed by atoms with Crippen molar-refractivity contribution in [3.05, 3.63) is 60.1 Å². The van der Waals surface area contributed by atoms with Crippen molar-refractivity contribution in [1.29, 1.82) is 0 Å². The zero-order valence-corrected chi connectivity index (χ0v) is 23.6. The molecule has 0 aromatic carbocycles. The predicted octanol–water partition coefficient (Wildman–Crippen LogP) is -2.97. The van der Waals surface area contributed by atoms with Gasteiger partial charge in [-0.25, -0.2) is 9.59 Å². The smallest absolute Gasteiger partial charge is 0.340 e. The van der Waals surface area contributed by atoms with E-state index in [4.69, 9.17) is 23.7 Å². The molecule has 0 aromatic heterocycles. The normalized spacial score (nSPS) is 32.4. The molecule has 0 saturated carbocycles. The van der Waals surface area contributed by atoms with E-state index in [-0.39, 0.29) is 37.6 Å². The van der Waals surface area contributed by atoms with E-state index in [0.717, 1.165) is 13.4 Å². The van der Waals surface area contributed by atoms with Gasteiger partial charge in [-0.1, -0.05) is 12.2 Å². The second-order valence-corrected chi connectivity index (χ2v) is 9.93. The maximum Gasteiger partial charge on any atom is 0.340 e. The first-order valence-electron chi connectivity index (χ1n) is 13.2. The number of nitrogens with one attached hydrogen (secondary N) is 1. The Kier molecular flexibility index (Phi) is 11.6. The molecule has 43 heavy (non-hydrogen) atoms. The second-order valence-electron chi connectivity index (χ2n) is 9.93. The van der Waals surface area contributed by atoms with Crippen molar-refractivity contribution in [2.45, 2.75) is 42.3 Å². The Bertz CT molecular complexity index is 1150. The van der Waals surface area contributed by atoms with Gasteiger partial charge in [-0.15, -0.1) is 6.58 Å². The van der Waals surface area contributed by atoms with Crippen LogP contribution in [0.1, 0.15) is 0 Å². The zero-order chi connectivity index (χ0) is 31.9. The Morgan fingerprint density at radius 3 is 2.56 bits per heavy atom. The van der Waals surface area contributed by atoms with E-state index in [2.05, 4.69) is 11.9 Å². The molecule has 1 fully saturated rings. The molecule has 8 N–H and O–H groups in total. The number of methoxy groups -OCH3 is 1. The Hall–Kier alpha value is -3.16. The summed E-state index contributed by atoms with van der Waals surface area (Å²) in [7, 11) is 2.59. The van der Waals surface area contributed by atoms with E-state index in [1.165, 1.54) is 37.6 Å². The van der Waals surface area contributed by atoms with Gasteiger partial charge in [0.1, 0.15) is 29.6 Å². The molecule has 0 amide bonds. The molecule has 3 heterocycles. The number of aliphatic hydroxyl groups excluding tert-OH is 3. The van der Waals surface area contributed by atoms with Gasteiger partial charge in [-0.2, -0.15) is 0 Å². The summed E-state index contributed by atoms with van der Waals surface area (Å²) in [6.45, 7) is 2.71. The van der Waals surface area contributed by atoms with E-state index in [0.29, 0.717) is 5.57 Å². The van der Waals surface area contributed by atoms with Gasteiger partial charge >= 0.3 is 11.9 Å². The number of carbonyl (C=O) groups is 2. The van der Waals surface area contributed by atoms with Crippen LogP contribution in [0, 0.1) is 5.92 Å². The summed E-state index contributed by atoms with van der Waals surface area (Å²) in [4.78, 5) is 25.9. The Morgan fingerprint density at radius 1 is 1.26 bits per heavy atom. The lowest BCUT2D eigenvalue weighted by Crippen LogP contribution is -2.69. The quantitative estimate of drug-likeness (QED) is 0.0587. The molecule has 3 aliphatic heterocycles. The fraction of sp³-hybridized carbons (Fsp3) is 0.556. The van der Waals surface area contributed by atoms with Crippen LogP contribution in [0.3, 0.4) is 0 Å². The first kappa shape index (κ1) is 34.3. The van der Waals surface area contributed by atoms with Gasteiger partial charge in [-0.3, -0.25) is 5.32 Å². The van der Waals surface area contributed by atoms with E-state index in [9.17, 15) is 45.3 Å². The van der Waals surface area contributed by atoms with Crippen molar-refractivity contribution in [3.8, 4) is 0 Å². The third-order valence-corrected chi connectivity index (χ3v) is 7.06.